The van der Waals surface area contributed by atoms with Crippen molar-refractivity contribution < 1.29 is 0 Å². The minimum Gasteiger partial charge on any atom is -0.399 e. The molecule has 2 unspecified atom stereocenters. The van der Waals surface area contributed by atoms with Crippen molar-refractivity contribution in [2.75, 3.05) is 5.73 Å². The van der Waals surface area contributed by atoms with E-state index in [1.54, 1.807) is 0 Å². The summed E-state index contributed by atoms with van der Waals surface area (Å²) in [7, 11) is 0. The van der Waals surface area contributed by atoms with E-state index < -0.39 is 0 Å². The van der Waals surface area contributed by atoms with Crippen LogP contribution in [0, 0.1) is 5.92 Å². The number of nitrogens with zero attached hydrogens (tertiary/aromatic N) is 1. The van der Waals surface area contributed by atoms with Gasteiger partial charge in [0.2, 0.25) is 0 Å². The summed E-state index contributed by atoms with van der Waals surface area (Å²) in [5, 5.41) is 0. The van der Waals surface area contributed by atoms with Gasteiger partial charge in [0.1, 0.15) is 0 Å². The first-order chi connectivity index (χ1) is 9.06. The van der Waals surface area contributed by atoms with E-state index in [9.17, 15) is 0 Å². The van der Waals surface area contributed by atoms with Crippen LogP contribution in [0.5, 0.6) is 0 Å². The van der Waals surface area contributed by atoms with Crippen molar-refractivity contribution in [2.24, 2.45) is 5.92 Å². The highest BCUT2D eigenvalue weighted by Gasteiger charge is 2.26. The summed E-state index contributed by atoms with van der Waals surface area (Å²) < 4.78 is 0. The summed E-state index contributed by atoms with van der Waals surface area (Å²) in [6.07, 6.45) is 5.51. The molecule has 0 saturated heterocycles. The Kier molecular flexibility index (Phi) is 4.87. The molecule has 1 aliphatic rings. The van der Waals surface area contributed by atoms with Crippen molar-refractivity contribution in [3.05, 3.63) is 29.8 Å². The van der Waals surface area contributed by atoms with Gasteiger partial charge in [0.15, 0.2) is 0 Å². The second-order valence-electron chi connectivity index (χ2n) is 6.43. The van der Waals surface area contributed by atoms with E-state index in [-0.39, 0.29) is 0 Å². The topological polar surface area (TPSA) is 29.3 Å². The SMILES string of the molecule is CC1CCCC(N(Cc2ccc(N)cc2)C(C)C)C1. The highest BCUT2D eigenvalue weighted by Crippen LogP contribution is 2.29. The predicted molar refractivity (Wildman–Crippen MR) is 83.0 cm³/mol. The Morgan fingerprint density at radius 1 is 1.21 bits per heavy atom. The fraction of sp³-hybridized carbons (Fsp3) is 0.647. The first kappa shape index (κ1) is 14.4. The van der Waals surface area contributed by atoms with Gasteiger partial charge in [0.25, 0.3) is 0 Å². The van der Waals surface area contributed by atoms with Gasteiger partial charge in [-0.25, -0.2) is 0 Å². The molecule has 1 saturated carbocycles. The zero-order valence-corrected chi connectivity index (χ0v) is 12.6. The largest absolute Gasteiger partial charge is 0.399 e. The van der Waals surface area contributed by atoms with Gasteiger partial charge in [-0.05, 0) is 50.3 Å². The molecule has 0 spiro atoms. The molecule has 2 nitrogen and oxygen atoms in total. The van der Waals surface area contributed by atoms with Crippen LogP contribution in [0.3, 0.4) is 0 Å². The standard InChI is InChI=1S/C17H28N2/c1-13(2)19(17-6-4-5-14(3)11-17)12-15-7-9-16(18)10-8-15/h7-10,13-14,17H,4-6,11-12,18H2,1-3H3. The molecule has 0 amide bonds. The van der Waals surface area contributed by atoms with Crippen LogP contribution in [0.1, 0.15) is 52.0 Å². The zero-order valence-electron chi connectivity index (χ0n) is 12.6. The Balaban J connectivity index is 2.05. The minimum atomic E-state index is 0.604. The van der Waals surface area contributed by atoms with Crippen LogP contribution < -0.4 is 5.73 Å². The molecule has 19 heavy (non-hydrogen) atoms. The molecule has 0 heterocycles. The molecule has 2 atom stereocenters. The van der Waals surface area contributed by atoms with E-state index >= 15 is 0 Å². The molecular formula is C17H28N2. The maximum absolute atomic E-state index is 5.76. The van der Waals surface area contributed by atoms with Gasteiger partial charge in [-0.3, -0.25) is 4.90 Å². The lowest BCUT2D eigenvalue weighted by Crippen LogP contribution is -2.42. The molecule has 0 bridgehead atoms. The highest BCUT2D eigenvalue weighted by molar-refractivity contribution is 5.39. The smallest absolute Gasteiger partial charge is 0.0314 e. The van der Waals surface area contributed by atoms with E-state index in [2.05, 4.69) is 37.8 Å². The lowest BCUT2D eigenvalue weighted by molar-refractivity contribution is 0.0955. The van der Waals surface area contributed by atoms with Gasteiger partial charge in [-0.15, -0.1) is 0 Å². The Hall–Kier alpha value is -1.02. The number of nitrogen functional groups attached to an aromatic ring is 1. The van der Waals surface area contributed by atoms with Gasteiger partial charge >= 0.3 is 0 Å². The molecule has 2 heteroatoms. The van der Waals surface area contributed by atoms with Crippen LogP contribution in [0.25, 0.3) is 0 Å². The number of nitrogens with two attached hydrogens (primary N) is 1. The fourth-order valence-corrected chi connectivity index (χ4v) is 3.27. The third-order valence-electron chi connectivity index (χ3n) is 4.39. The lowest BCUT2D eigenvalue weighted by atomic mass is 9.85. The average Bonchev–Trinajstić information content (AvgIpc) is 2.37. The molecule has 106 valence electrons. The summed E-state index contributed by atoms with van der Waals surface area (Å²) in [4.78, 5) is 2.67. The van der Waals surface area contributed by atoms with Crippen LogP contribution in [0.4, 0.5) is 5.69 Å². The minimum absolute atomic E-state index is 0.604. The molecular weight excluding hydrogens is 232 g/mol. The van der Waals surface area contributed by atoms with Gasteiger partial charge in [0, 0.05) is 24.3 Å². The van der Waals surface area contributed by atoms with E-state index in [1.165, 1.54) is 31.2 Å². The summed E-state index contributed by atoms with van der Waals surface area (Å²) in [5.41, 5.74) is 7.99. The first-order valence-corrected chi connectivity index (χ1v) is 7.66. The van der Waals surface area contributed by atoms with Crippen molar-refractivity contribution in [2.45, 2.75) is 65.1 Å². The Morgan fingerprint density at radius 3 is 2.47 bits per heavy atom. The Labute approximate surface area is 118 Å². The average molecular weight is 260 g/mol. The summed E-state index contributed by atoms with van der Waals surface area (Å²) in [6, 6.07) is 9.71. The first-order valence-electron chi connectivity index (χ1n) is 7.66. The van der Waals surface area contributed by atoms with Crippen molar-refractivity contribution >= 4 is 5.69 Å². The van der Waals surface area contributed by atoms with E-state index in [0.717, 1.165) is 24.2 Å². The van der Waals surface area contributed by atoms with Crippen molar-refractivity contribution in [3.8, 4) is 0 Å². The predicted octanol–water partition coefficient (Wildman–Crippen LogP) is 4.06. The van der Waals surface area contributed by atoms with E-state index in [0.29, 0.717) is 6.04 Å². The molecule has 1 aliphatic carbocycles. The number of anilines is 1. The zero-order chi connectivity index (χ0) is 13.8. The highest BCUT2D eigenvalue weighted by atomic mass is 15.2. The van der Waals surface area contributed by atoms with Crippen LogP contribution in [0.15, 0.2) is 24.3 Å². The lowest BCUT2D eigenvalue weighted by Gasteiger charge is -2.39. The molecule has 1 aromatic carbocycles. The number of rotatable bonds is 4. The molecule has 2 N–H and O–H groups in total. The molecule has 2 rings (SSSR count). The molecule has 0 aromatic heterocycles. The number of hydrogen-bond acceptors (Lipinski definition) is 2. The van der Waals surface area contributed by atoms with E-state index in [1.807, 2.05) is 12.1 Å². The summed E-state index contributed by atoms with van der Waals surface area (Å²) in [6.45, 7) is 8.08. The van der Waals surface area contributed by atoms with Gasteiger partial charge in [-0.1, -0.05) is 31.9 Å². The Bertz CT molecular complexity index is 383. The second kappa shape index (κ2) is 6.42. The normalized spacial score (nSPS) is 24.1. The monoisotopic (exact) mass is 260 g/mol. The Morgan fingerprint density at radius 2 is 1.89 bits per heavy atom. The van der Waals surface area contributed by atoms with Crippen molar-refractivity contribution in [1.82, 2.24) is 4.90 Å². The van der Waals surface area contributed by atoms with Crippen molar-refractivity contribution in [3.63, 3.8) is 0 Å². The van der Waals surface area contributed by atoms with Crippen LogP contribution in [0.2, 0.25) is 0 Å². The van der Waals surface area contributed by atoms with Crippen LogP contribution >= 0.6 is 0 Å². The van der Waals surface area contributed by atoms with Crippen LogP contribution in [-0.2, 0) is 6.54 Å². The summed E-state index contributed by atoms with van der Waals surface area (Å²) >= 11 is 0. The van der Waals surface area contributed by atoms with Gasteiger partial charge < -0.3 is 5.73 Å². The maximum atomic E-state index is 5.76. The maximum Gasteiger partial charge on any atom is 0.0314 e. The van der Waals surface area contributed by atoms with Gasteiger partial charge in [-0.2, -0.15) is 0 Å². The number of benzene rings is 1. The van der Waals surface area contributed by atoms with Gasteiger partial charge in [0.05, 0.1) is 0 Å². The van der Waals surface area contributed by atoms with E-state index in [4.69, 9.17) is 5.73 Å². The quantitative estimate of drug-likeness (QED) is 0.827. The van der Waals surface area contributed by atoms with Crippen LogP contribution in [-0.4, -0.2) is 17.0 Å². The molecule has 1 aromatic rings. The molecule has 1 fully saturated rings. The molecule has 0 radical (unpaired) electrons. The second-order valence-corrected chi connectivity index (χ2v) is 6.43. The third-order valence-corrected chi connectivity index (χ3v) is 4.39. The third kappa shape index (κ3) is 3.97. The fourth-order valence-electron chi connectivity index (χ4n) is 3.27. The number of hydrogen-bond donors (Lipinski definition) is 1. The summed E-state index contributed by atoms with van der Waals surface area (Å²) in [5.74, 6) is 0.881. The molecule has 0 aliphatic heterocycles. The van der Waals surface area contributed by atoms with Crippen molar-refractivity contribution in [1.29, 1.82) is 0 Å².